The van der Waals surface area contributed by atoms with Crippen molar-refractivity contribution in [3.8, 4) is 11.5 Å². The third-order valence-electron chi connectivity index (χ3n) is 4.22. The number of rotatable bonds is 9. The van der Waals surface area contributed by atoms with Crippen LogP contribution in [0.5, 0.6) is 11.5 Å². The lowest BCUT2D eigenvalue weighted by Gasteiger charge is -2.11. The summed E-state index contributed by atoms with van der Waals surface area (Å²) in [6, 6.07) is 20.7. The van der Waals surface area contributed by atoms with Crippen LogP contribution in [-0.4, -0.2) is 17.2 Å². The van der Waals surface area contributed by atoms with Crippen LogP contribution in [0.25, 0.3) is 0 Å². The van der Waals surface area contributed by atoms with Gasteiger partial charge in [0.2, 0.25) is 0 Å². The Hall–Kier alpha value is -2.34. The van der Waals surface area contributed by atoms with Crippen LogP contribution in [0.4, 0.5) is 0 Å². The highest BCUT2D eigenvalue weighted by Crippen LogP contribution is 2.27. The van der Waals surface area contributed by atoms with Crippen molar-refractivity contribution in [1.29, 1.82) is 0 Å². The van der Waals surface area contributed by atoms with E-state index in [0.29, 0.717) is 22.4 Å². The Morgan fingerprint density at radius 2 is 1.67 bits per heavy atom. The van der Waals surface area contributed by atoms with Gasteiger partial charge in [0.25, 0.3) is 0 Å². The molecular weight excluding hydrogens is 443 g/mol. The molecule has 0 aromatic heterocycles. The Morgan fingerprint density at radius 3 is 2.30 bits per heavy atom. The number of benzene rings is 3. The predicted octanol–water partition coefficient (Wildman–Crippen LogP) is 6.72. The maximum atomic E-state index is 10.8. The van der Waals surface area contributed by atoms with E-state index in [1.807, 2.05) is 42.5 Å². The summed E-state index contributed by atoms with van der Waals surface area (Å²) in [4.78, 5) is 11.9. The van der Waals surface area contributed by atoms with Gasteiger partial charge in [-0.05, 0) is 61.0 Å². The molecule has 0 saturated carbocycles. The molecule has 0 aliphatic carbocycles. The smallest absolute Gasteiger partial charge is 0.344 e. The summed E-state index contributed by atoms with van der Waals surface area (Å²) in [6.45, 7) is 1.88. The predicted molar refractivity (Wildman–Crippen MR) is 121 cm³/mol. The van der Waals surface area contributed by atoms with Crippen molar-refractivity contribution < 1.29 is 19.4 Å². The quantitative estimate of drug-likeness (QED) is 0.357. The molecule has 4 nitrogen and oxygen atoms in total. The third kappa shape index (κ3) is 6.59. The second-order valence-corrected chi connectivity index (χ2v) is 8.42. The summed E-state index contributed by atoms with van der Waals surface area (Å²) in [5, 5.41) is 10.1. The first-order valence-electron chi connectivity index (χ1n) is 9.19. The van der Waals surface area contributed by atoms with Crippen LogP contribution in [-0.2, 0) is 17.2 Å². The lowest BCUT2D eigenvalue weighted by molar-refractivity contribution is -0.144. The van der Waals surface area contributed by atoms with E-state index in [0.717, 1.165) is 27.5 Å². The molecule has 0 spiro atoms. The van der Waals surface area contributed by atoms with E-state index in [-0.39, 0.29) is 0 Å². The van der Waals surface area contributed by atoms with Gasteiger partial charge >= 0.3 is 5.97 Å². The van der Waals surface area contributed by atoms with Crippen LogP contribution in [0, 0.1) is 0 Å². The molecule has 0 amide bonds. The number of aliphatic carboxylic acids is 1. The van der Waals surface area contributed by atoms with Crippen molar-refractivity contribution in [2.24, 2.45) is 0 Å². The summed E-state index contributed by atoms with van der Waals surface area (Å²) in [5.41, 5.74) is 2.04. The Labute approximate surface area is 189 Å². The fraction of sp³-hybridized carbons (Fsp3) is 0.174. The number of ether oxygens (including phenoxy) is 2. The summed E-state index contributed by atoms with van der Waals surface area (Å²) >= 11 is 13.8. The SMILES string of the molecule is CC(Oc1ccc(SCc2ccc(OCc3ccc(Cl)cc3Cl)cc2)cc1)C(=O)O. The molecule has 0 saturated heterocycles. The second-order valence-electron chi connectivity index (χ2n) is 6.53. The van der Waals surface area contributed by atoms with Crippen molar-refractivity contribution in [2.45, 2.75) is 30.3 Å². The fourth-order valence-electron chi connectivity index (χ4n) is 2.52. The zero-order valence-corrected chi connectivity index (χ0v) is 18.5. The molecule has 0 bridgehead atoms. The van der Waals surface area contributed by atoms with E-state index in [1.54, 1.807) is 36.0 Å². The van der Waals surface area contributed by atoms with E-state index >= 15 is 0 Å². The first-order chi connectivity index (χ1) is 14.4. The van der Waals surface area contributed by atoms with Gasteiger partial charge in [-0.25, -0.2) is 4.79 Å². The third-order valence-corrected chi connectivity index (χ3v) is 5.89. The number of halogens is 2. The molecule has 1 N–H and O–H groups in total. The molecule has 0 aliphatic rings. The number of thioether (sulfide) groups is 1. The van der Waals surface area contributed by atoms with E-state index in [2.05, 4.69) is 0 Å². The van der Waals surface area contributed by atoms with Crippen molar-refractivity contribution in [3.05, 3.63) is 87.9 Å². The topological polar surface area (TPSA) is 55.8 Å². The lowest BCUT2D eigenvalue weighted by Crippen LogP contribution is -2.22. The second kappa shape index (κ2) is 10.6. The minimum Gasteiger partial charge on any atom is -0.489 e. The highest BCUT2D eigenvalue weighted by molar-refractivity contribution is 7.98. The first-order valence-corrected chi connectivity index (χ1v) is 10.9. The minimum atomic E-state index is -0.989. The average Bonchev–Trinajstić information content (AvgIpc) is 2.73. The van der Waals surface area contributed by atoms with Gasteiger partial charge in [0, 0.05) is 26.3 Å². The van der Waals surface area contributed by atoms with Crippen molar-refractivity contribution >= 4 is 40.9 Å². The largest absolute Gasteiger partial charge is 0.489 e. The van der Waals surface area contributed by atoms with Gasteiger partial charge in [0.05, 0.1) is 0 Å². The van der Waals surface area contributed by atoms with Crippen molar-refractivity contribution in [2.75, 3.05) is 0 Å². The van der Waals surface area contributed by atoms with Crippen LogP contribution >= 0.6 is 35.0 Å². The molecule has 0 radical (unpaired) electrons. The summed E-state index contributed by atoms with van der Waals surface area (Å²) in [6.07, 6.45) is -0.875. The summed E-state index contributed by atoms with van der Waals surface area (Å²) < 4.78 is 11.1. The molecule has 0 fully saturated rings. The average molecular weight is 463 g/mol. The number of hydrogen-bond acceptors (Lipinski definition) is 4. The minimum absolute atomic E-state index is 0.374. The molecule has 1 atom stereocenters. The van der Waals surface area contributed by atoms with Gasteiger partial charge < -0.3 is 14.6 Å². The molecule has 0 aliphatic heterocycles. The van der Waals surface area contributed by atoms with Gasteiger partial charge in [-0.15, -0.1) is 11.8 Å². The summed E-state index contributed by atoms with van der Waals surface area (Å²) in [5.74, 6) is 1.12. The van der Waals surface area contributed by atoms with Gasteiger partial charge in [0.15, 0.2) is 6.10 Å². The first kappa shape index (κ1) is 22.3. The monoisotopic (exact) mass is 462 g/mol. The number of carbonyl (C=O) groups is 1. The van der Waals surface area contributed by atoms with Gasteiger partial charge in [-0.3, -0.25) is 0 Å². The number of carboxylic acids is 1. The molecule has 156 valence electrons. The van der Waals surface area contributed by atoms with Crippen LogP contribution in [0.3, 0.4) is 0 Å². The highest BCUT2D eigenvalue weighted by atomic mass is 35.5. The van der Waals surface area contributed by atoms with E-state index < -0.39 is 12.1 Å². The van der Waals surface area contributed by atoms with Crippen LogP contribution in [0.15, 0.2) is 71.6 Å². The zero-order chi connectivity index (χ0) is 21.5. The van der Waals surface area contributed by atoms with Gasteiger partial charge in [0.1, 0.15) is 18.1 Å². The molecular formula is C23H20Cl2O4S. The molecule has 0 heterocycles. The Balaban J connectivity index is 1.49. The molecule has 3 rings (SSSR count). The maximum absolute atomic E-state index is 10.8. The van der Waals surface area contributed by atoms with Crippen molar-refractivity contribution in [3.63, 3.8) is 0 Å². The maximum Gasteiger partial charge on any atom is 0.344 e. The molecule has 7 heteroatoms. The number of hydrogen-bond donors (Lipinski definition) is 1. The van der Waals surface area contributed by atoms with Crippen molar-refractivity contribution in [1.82, 2.24) is 0 Å². The Bertz CT molecular complexity index is 991. The summed E-state index contributed by atoms with van der Waals surface area (Å²) in [7, 11) is 0. The Kier molecular flexibility index (Phi) is 7.91. The van der Waals surface area contributed by atoms with E-state index in [1.165, 1.54) is 6.92 Å². The molecule has 3 aromatic rings. The lowest BCUT2D eigenvalue weighted by atomic mass is 10.2. The molecule has 1 unspecified atom stereocenters. The fourth-order valence-corrected chi connectivity index (χ4v) is 3.83. The van der Waals surface area contributed by atoms with Crippen LogP contribution in [0.2, 0.25) is 10.0 Å². The standard InChI is InChI=1S/C23H20Cl2O4S/c1-15(23(26)27)29-20-8-10-21(11-9-20)30-14-16-2-6-19(7-3-16)28-13-17-4-5-18(24)12-22(17)25/h2-12,15H,13-14H2,1H3,(H,26,27). The Morgan fingerprint density at radius 1 is 1.00 bits per heavy atom. The van der Waals surface area contributed by atoms with Crippen LogP contribution < -0.4 is 9.47 Å². The normalized spacial score (nSPS) is 11.7. The highest BCUT2D eigenvalue weighted by Gasteiger charge is 2.12. The van der Waals surface area contributed by atoms with Crippen LogP contribution in [0.1, 0.15) is 18.1 Å². The zero-order valence-electron chi connectivity index (χ0n) is 16.2. The molecule has 3 aromatic carbocycles. The van der Waals surface area contributed by atoms with Gasteiger partial charge in [-0.1, -0.05) is 41.4 Å². The molecule has 30 heavy (non-hydrogen) atoms. The number of carboxylic acid groups (broad SMARTS) is 1. The van der Waals surface area contributed by atoms with E-state index in [9.17, 15) is 4.79 Å². The van der Waals surface area contributed by atoms with E-state index in [4.69, 9.17) is 37.8 Å². The van der Waals surface area contributed by atoms with Gasteiger partial charge in [-0.2, -0.15) is 0 Å².